The highest BCUT2D eigenvalue weighted by atomic mass is 16.5. The van der Waals surface area contributed by atoms with Gasteiger partial charge in [0.2, 0.25) is 0 Å². The van der Waals surface area contributed by atoms with Gasteiger partial charge in [-0.15, -0.1) is 0 Å². The molecule has 8 nitrogen and oxygen atoms in total. The summed E-state index contributed by atoms with van der Waals surface area (Å²) < 4.78 is 16.3. The van der Waals surface area contributed by atoms with E-state index in [1.54, 1.807) is 56.7 Å². The smallest absolute Gasteiger partial charge is 0.295 e. The Hall–Kier alpha value is -4.72. The van der Waals surface area contributed by atoms with Crippen LogP contribution in [0.15, 0.2) is 78.5 Å². The molecule has 0 aliphatic carbocycles. The normalized spacial score (nSPS) is 16.6. The second kappa shape index (κ2) is 10.9. The Morgan fingerprint density at radius 3 is 2.38 bits per heavy atom. The third-order valence-electron chi connectivity index (χ3n) is 6.98. The molecule has 200 valence electrons. The average molecular weight is 527 g/mol. The van der Waals surface area contributed by atoms with Crippen molar-refractivity contribution >= 4 is 28.4 Å². The van der Waals surface area contributed by atoms with E-state index in [0.29, 0.717) is 35.7 Å². The van der Waals surface area contributed by atoms with E-state index in [2.05, 4.69) is 4.98 Å². The minimum atomic E-state index is -0.786. The van der Waals surface area contributed by atoms with Gasteiger partial charge in [-0.3, -0.25) is 9.59 Å². The summed E-state index contributed by atoms with van der Waals surface area (Å²) in [5.41, 5.74) is 3.07. The first-order valence-corrected chi connectivity index (χ1v) is 12.7. The number of nitrogens with one attached hydrogen (secondary N) is 1. The van der Waals surface area contributed by atoms with Gasteiger partial charge in [-0.2, -0.15) is 0 Å². The van der Waals surface area contributed by atoms with Crippen LogP contribution in [0.3, 0.4) is 0 Å². The number of aliphatic hydroxyl groups excluding tert-OH is 1. The number of ether oxygens (including phenoxy) is 3. The van der Waals surface area contributed by atoms with Crippen molar-refractivity contribution in [3.05, 3.63) is 95.2 Å². The van der Waals surface area contributed by atoms with Gasteiger partial charge in [-0.1, -0.05) is 12.1 Å². The molecular formula is C31H30N2O6. The molecule has 0 bridgehead atoms. The Morgan fingerprint density at radius 1 is 0.949 bits per heavy atom. The molecule has 1 aliphatic rings. The monoisotopic (exact) mass is 526 g/mol. The summed E-state index contributed by atoms with van der Waals surface area (Å²) in [6, 6.07) is 19.0. The molecular weight excluding hydrogens is 496 g/mol. The number of aromatic nitrogens is 1. The van der Waals surface area contributed by atoms with Crippen LogP contribution < -0.4 is 14.2 Å². The molecule has 0 saturated carbocycles. The van der Waals surface area contributed by atoms with Gasteiger partial charge >= 0.3 is 0 Å². The van der Waals surface area contributed by atoms with E-state index in [1.165, 1.54) is 4.90 Å². The molecule has 1 fully saturated rings. The van der Waals surface area contributed by atoms with Crippen LogP contribution in [0.5, 0.6) is 17.2 Å². The molecule has 0 unspecified atom stereocenters. The fourth-order valence-corrected chi connectivity index (χ4v) is 5.03. The van der Waals surface area contributed by atoms with E-state index in [1.807, 2.05) is 37.4 Å². The van der Waals surface area contributed by atoms with Crippen molar-refractivity contribution in [3.8, 4) is 17.2 Å². The Balaban J connectivity index is 1.55. The van der Waals surface area contributed by atoms with Crippen molar-refractivity contribution < 1.29 is 28.9 Å². The standard InChI is InChI=1S/C31H30N2O6/c1-4-39-22-10-8-19(9-11-22)29(34)27-28(20-6-5-7-23(16-20)37-2)33(31(36)30(27)35)15-14-21-18-32-26-13-12-24(38-3)17-25(21)26/h5-13,16-18,28,32,34H,4,14-15H2,1-3H3/t28-/m1/s1. The number of carbonyl (C=O) groups excluding carboxylic acids is 2. The Bertz CT molecular complexity index is 1550. The van der Waals surface area contributed by atoms with Crippen LogP contribution in [0, 0.1) is 0 Å². The second-order valence-corrected chi connectivity index (χ2v) is 9.20. The molecule has 8 heteroatoms. The number of hydrogen-bond donors (Lipinski definition) is 2. The largest absolute Gasteiger partial charge is 0.507 e. The minimum absolute atomic E-state index is 0.0398. The van der Waals surface area contributed by atoms with Gasteiger partial charge in [0.25, 0.3) is 11.7 Å². The number of aliphatic hydroxyl groups is 1. The molecule has 2 N–H and O–H groups in total. The molecule has 5 rings (SSSR count). The summed E-state index contributed by atoms with van der Waals surface area (Å²) in [4.78, 5) is 31.6. The zero-order valence-electron chi connectivity index (χ0n) is 22.1. The van der Waals surface area contributed by atoms with Gasteiger partial charge in [0.1, 0.15) is 23.0 Å². The van der Waals surface area contributed by atoms with Crippen molar-refractivity contribution in [3.63, 3.8) is 0 Å². The number of rotatable bonds is 9. The van der Waals surface area contributed by atoms with Crippen molar-refractivity contribution in [1.29, 1.82) is 0 Å². The molecule has 3 aromatic carbocycles. The number of aromatic amines is 1. The lowest BCUT2D eigenvalue weighted by molar-refractivity contribution is -0.139. The predicted molar refractivity (Wildman–Crippen MR) is 148 cm³/mol. The minimum Gasteiger partial charge on any atom is -0.507 e. The van der Waals surface area contributed by atoms with Gasteiger partial charge in [0, 0.05) is 29.2 Å². The zero-order valence-corrected chi connectivity index (χ0v) is 22.1. The van der Waals surface area contributed by atoms with Crippen molar-refractivity contribution in [2.45, 2.75) is 19.4 Å². The third kappa shape index (κ3) is 4.93. The molecule has 1 aliphatic heterocycles. The van der Waals surface area contributed by atoms with Crippen LogP contribution in [-0.2, 0) is 16.0 Å². The predicted octanol–water partition coefficient (Wildman–Crippen LogP) is 5.25. The number of fused-ring (bicyclic) bond motifs is 1. The van der Waals surface area contributed by atoms with E-state index < -0.39 is 17.7 Å². The lowest BCUT2D eigenvalue weighted by Gasteiger charge is -2.25. The molecule has 0 spiro atoms. The highest BCUT2D eigenvalue weighted by molar-refractivity contribution is 6.46. The summed E-state index contributed by atoms with van der Waals surface area (Å²) in [6.07, 6.45) is 2.39. The van der Waals surface area contributed by atoms with Crippen LogP contribution in [0.25, 0.3) is 16.7 Å². The van der Waals surface area contributed by atoms with Gasteiger partial charge in [-0.25, -0.2) is 0 Å². The number of Topliss-reactive ketones (excluding diaryl/α,β-unsaturated/α-hetero) is 1. The highest BCUT2D eigenvalue weighted by Gasteiger charge is 2.46. The molecule has 1 aromatic heterocycles. The Labute approximate surface area is 226 Å². The molecule has 39 heavy (non-hydrogen) atoms. The summed E-state index contributed by atoms with van der Waals surface area (Å²) in [5.74, 6) is 0.346. The number of benzene rings is 3. The maximum atomic E-state index is 13.4. The van der Waals surface area contributed by atoms with E-state index in [-0.39, 0.29) is 17.9 Å². The second-order valence-electron chi connectivity index (χ2n) is 9.20. The molecule has 1 amide bonds. The lowest BCUT2D eigenvalue weighted by Crippen LogP contribution is -2.31. The number of hydrogen-bond acceptors (Lipinski definition) is 6. The fraction of sp³-hybridized carbons (Fsp3) is 0.226. The maximum Gasteiger partial charge on any atom is 0.295 e. The van der Waals surface area contributed by atoms with Crippen molar-refractivity contribution in [1.82, 2.24) is 9.88 Å². The Kier molecular flexibility index (Phi) is 7.27. The van der Waals surface area contributed by atoms with Gasteiger partial charge in [0.05, 0.1) is 32.4 Å². The van der Waals surface area contributed by atoms with E-state index >= 15 is 0 Å². The molecule has 1 atom stereocenters. The van der Waals surface area contributed by atoms with Crippen LogP contribution >= 0.6 is 0 Å². The number of nitrogens with zero attached hydrogens (tertiary/aromatic N) is 1. The molecule has 4 aromatic rings. The highest BCUT2D eigenvalue weighted by Crippen LogP contribution is 2.40. The summed E-state index contributed by atoms with van der Waals surface area (Å²) in [7, 11) is 3.17. The van der Waals surface area contributed by atoms with Crippen molar-refractivity contribution in [2.24, 2.45) is 0 Å². The van der Waals surface area contributed by atoms with E-state index in [4.69, 9.17) is 14.2 Å². The van der Waals surface area contributed by atoms with Crippen LogP contribution in [-0.4, -0.2) is 54.1 Å². The summed E-state index contributed by atoms with van der Waals surface area (Å²) in [5, 5.41) is 12.3. The van der Waals surface area contributed by atoms with Crippen LogP contribution in [0.1, 0.15) is 29.7 Å². The maximum absolute atomic E-state index is 13.4. The number of methoxy groups -OCH3 is 2. The van der Waals surface area contributed by atoms with Gasteiger partial charge in [0.15, 0.2) is 0 Å². The Morgan fingerprint density at radius 2 is 1.67 bits per heavy atom. The molecule has 2 heterocycles. The summed E-state index contributed by atoms with van der Waals surface area (Å²) >= 11 is 0. The fourth-order valence-electron chi connectivity index (χ4n) is 5.03. The number of ketones is 1. The summed E-state index contributed by atoms with van der Waals surface area (Å²) in [6.45, 7) is 2.66. The lowest BCUT2D eigenvalue weighted by atomic mass is 9.95. The number of amides is 1. The number of H-pyrrole nitrogens is 1. The average Bonchev–Trinajstić information content (AvgIpc) is 3.49. The quantitative estimate of drug-likeness (QED) is 0.176. The zero-order chi connectivity index (χ0) is 27.5. The molecule has 1 saturated heterocycles. The van der Waals surface area contributed by atoms with Crippen LogP contribution in [0.4, 0.5) is 0 Å². The van der Waals surface area contributed by atoms with Gasteiger partial charge in [-0.05, 0) is 79.1 Å². The first kappa shape index (κ1) is 25.9. The number of carbonyl (C=O) groups is 2. The topological polar surface area (TPSA) is 101 Å². The SMILES string of the molecule is CCOc1ccc(C(O)=C2C(=O)C(=O)N(CCc3c[nH]c4ccc(OC)cc34)[C@@H]2c2cccc(OC)c2)cc1. The van der Waals surface area contributed by atoms with Crippen LogP contribution in [0.2, 0.25) is 0 Å². The van der Waals surface area contributed by atoms with E-state index in [9.17, 15) is 14.7 Å². The third-order valence-corrected chi connectivity index (χ3v) is 6.98. The first-order chi connectivity index (χ1) is 18.9. The van der Waals surface area contributed by atoms with Crippen molar-refractivity contribution in [2.75, 3.05) is 27.4 Å². The molecule has 0 radical (unpaired) electrons. The first-order valence-electron chi connectivity index (χ1n) is 12.7. The van der Waals surface area contributed by atoms with Gasteiger partial charge < -0.3 is 29.2 Å². The van der Waals surface area contributed by atoms with E-state index in [0.717, 1.165) is 22.2 Å². The number of likely N-dealkylation sites (tertiary alicyclic amines) is 1.